The third kappa shape index (κ3) is 3.80. The van der Waals surface area contributed by atoms with Crippen molar-refractivity contribution in [3.63, 3.8) is 0 Å². The molecule has 0 saturated carbocycles. The van der Waals surface area contributed by atoms with E-state index in [1.165, 1.54) is 0 Å². The summed E-state index contributed by atoms with van der Waals surface area (Å²) in [6.45, 7) is 2.03. The van der Waals surface area contributed by atoms with Crippen LogP contribution in [0.4, 0.5) is 0 Å². The molecular formula is C4H9B. The zero-order valence-electron chi connectivity index (χ0n) is 3.86. The molecular weight excluding hydrogens is 58.9 g/mol. The lowest BCUT2D eigenvalue weighted by Crippen LogP contribution is -1.51. The highest BCUT2D eigenvalue weighted by Gasteiger charge is 1.53. The van der Waals surface area contributed by atoms with Crippen LogP contribution in [0.5, 0.6) is 0 Å². The molecule has 5 heavy (non-hydrogen) atoms. The average molecular weight is 67.9 g/mol. The number of hydrogen-bond acceptors (Lipinski definition) is 0. The van der Waals surface area contributed by atoms with Gasteiger partial charge in [-0.05, 0) is 6.92 Å². The molecule has 0 fully saturated rings. The summed E-state index contributed by atoms with van der Waals surface area (Å²) >= 11 is 0. The van der Waals surface area contributed by atoms with Gasteiger partial charge in [-0.15, -0.1) is 0 Å². The van der Waals surface area contributed by atoms with Crippen molar-refractivity contribution >= 4 is 7.85 Å². The van der Waals surface area contributed by atoms with Crippen LogP contribution in [0.25, 0.3) is 0 Å². The third-order valence-electron chi connectivity index (χ3n) is 0.471. The van der Waals surface area contributed by atoms with Gasteiger partial charge in [0.05, 0.1) is 0 Å². The summed E-state index contributed by atoms with van der Waals surface area (Å²) in [5.41, 5.74) is 0. The first-order valence-electron chi connectivity index (χ1n) is 2.03. The van der Waals surface area contributed by atoms with E-state index in [0.29, 0.717) is 0 Å². The van der Waals surface area contributed by atoms with Crippen molar-refractivity contribution in [2.24, 2.45) is 0 Å². The van der Waals surface area contributed by atoms with Gasteiger partial charge in [0.15, 0.2) is 0 Å². The molecule has 28 valence electrons. The lowest BCUT2D eigenvalue weighted by Gasteiger charge is -1.64. The van der Waals surface area contributed by atoms with Gasteiger partial charge in [0, 0.05) is 0 Å². The molecule has 0 unspecified atom stereocenters. The fourth-order valence-electron chi connectivity index (χ4n) is 0.236. The maximum atomic E-state index is 2.12. The van der Waals surface area contributed by atoms with E-state index >= 15 is 0 Å². The van der Waals surface area contributed by atoms with Crippen molar-refractivity contribution in [1.29, 1.82) is 0 Å². The van der Waals surface area contributed by atoms with Crippen LogP contribution in [0.3, 0.4) is 0 Å². The van der Waals surface area contributed by atoms with E-state index in [1.807, 2.05) is 6.92 Å². The lowest BCUT2D eigenvalue weighted by atomic mass is 10.1. The Morgan fingerprint density at radius 2 is 2.40 bits per heavy atom. The maximum Gasteiger partial charge on any atom is 0.106 e. The fourth-order valence-corrected chi connectivity index (χ4v) is 0.236. The molecule has 0 heterocycles. The number of allylic oxidation sites excluding steroid dienone is 2. The minimum Gasteiger partial charge on any atom is -0.0967 e. The molecule has 0 spiro atoms. The summed E-state index contributed by atoms with van der Waals surface area (Å²) in [7, 11) is 2.12. The molecule has 0 bridgehead atoms. The van der Waals surface area contributed by atoms with E-state index in [1.54, 1.807) is 0 Å². The van der Waals surface area contributed by atoms with Crippen molar-refractivity contribution in [2.45, 2.75) is 13.2 Å². The molecule has 0 N–H and O–H groups in total. The third-order valence-corrected chi connectivity index (χ3v) is 0.471. The van der Waals surface area contributed by atoms with Gasteiger partial charge >= 0.3 is 0 Å². The van der Waals surface area contributed by atoms with E-state index in [2.05, 4.69) is 20.0 Å². The van der Waals surface area contributed by atoms with Crippen molar-refractivity contribution in [1.82, 2.24) is 0 Å². The van der Waals surface area contributed by atoms with Crippen LogP contribution in [-0.4, -0.2) is 7.85 Å². The van der Waals surface area contributed by atoms with Crippen molar-refractivity contribution in [3.8, 4) is 0 Å². The second-order valence-electron chi connectivity index (χ2n) is 0.977. The Morgan fingerprint density at radius 3 is 2.40 bits per heavy atom. The zero-order chi connectivity index (χ0) is 4.12. The lowest BCUT2D eigenvalue weighted by molar-refractivity contribution is 1.63. The predicted molar refractivity (Wildman–Crippen MR) is 28.2 cm³/mol. The monoisotopic (exact) mass is 68.1 g/mol. The van der Waals surface area contributed by atoms with Gasteiger partial charge in [0.1, 0.15) is 7.85 Å². The quantitative estimate of drug-likeness (QED) is 0.312. The maximum absolute atomic E-state index is 2.12. The van der Waals surface area contributed by atoms with E-state index in [0.717, 1.165) is 6.32 Å². The van der Waals surface area contributed by atoms with Crippen LogP contribution in [0, 0.1) is 0 Å². The van der Waals surface area contributed by atoms with E-state index in [4.69, 9.17) is 0 Å². The molecule has 0 nitrogen and oxygen atoms in total. The first-order valence-corrected chi connectivity index (χ1v) is 2.03. The molecule has 0 amide bonds. The standard InChI is InChI=1S/C4H9B/c1-2-3-4-5/h2-3H,4-5H2,1H3/b3-2-. The molecule has 0 aromatic heterocycles. The minimum atomic E-state index is 1.16. The van der Waals surface area contributed by atoms with Crippen LogP contribution < -0.4 is 0 Å². The highest BCUT2D eigenvalue weighted by Crippen LogP contribution is 1.70. The highest BCUT2D eigenvalue weighted by atomic mass is 13.5. The summed E-state index contributed by atoms with van der Waals surface area (Å²) in [5, 5.41) is 0. The molecule has 0 aromatic carbocycles. The van der Waals surface area contributed by atoms with Gasteiger partial charge < -0.3 is 0 Å². The predicted octanol–water partition coefficient (Wildman–Crippen LogP) is 0.614. The van der Waals surface area contributed by atoms with E-state index in [9.17, 15) is 0 Å². The Labute approximate surface area is 34.3 Å². The number of rotatable bonds is 1. The topological polar surface area (TPSA) is 0 Å². The Morgan fingerprint density at radius 1 is 1.80 bits per heavy atom. The second-order valence-corrected chi connectivity index (χ2v) is 0.977. The average Bonchev–Trinajstić information content (AvgIpc) is 1.41. The molecule has 0 atom stereocenters. The molecule has 1 heteroatoms. The van der Waals surface area contributed by atoms with Crippen molar-refractivity contribution in [2.75, 3.05) is 0 Å². The van der Waals surface area contributed by atoms with Gasteiger partial charge in [-0.1, -0.05) is 18.5 Å². The SMILES string of the molecule is BC/C=C\C. The summed E-state index contributed by atoms with van der Waals surface area (Å²) in [6.07, 6.45) is 5.34. The molecule has 0 radical (unpaired) electrons. The van der Waals surface area contributed by atoms with Crippen LogP contribution in [-0.2, 0) is 0 Å². The smallest absolute Gasteiger partial charge is 0.0967 e. The van der Waals surface area contributed by atoms with Crippen LogP contribution >= 0.6 is 0 Å². The van der Waals surface area contributed by atoms with E-state index < -0.39 is 0 Å². The molecule has 0 rings (SSSR count). The molecule has 0 aliphatic rings. The normalized spacial score (nSPS) is 9.80. The van der Waals surface area contributed by atoms with E-state index in [-0.39, 0.29) is 0 Å². The first-order chi connectivity index (χ1) is 2.41. The largest absolute Gasteiger partial charge is 0.106 e. The summed E-state index contributed by atoms with van der Waals surface area (Å²) in [4.78, 5) is 0. The highest BCUT2D eigenvalue weighted by molar-refractivity contribution is 6.09. The fraction of sp³-hybridized carbons (Fsp3) is 0.500. The van der Waals surface area contributed by atoms with Crippen molar-refractivity contribution < 1.29 is 0 Å². The molecule has 0 aliphatic heterocycles. The first kappa shape index (κ1) is 4.80. The van der Waals surface area contributed by atoms with Gasteiger partial charge in [-0.25, -0.2) is 0 Å². The molecule has 0 saturated heterocycles. The Hall–Kier alpha value is -0.195. The molecule has 0 aromatic rings. The molecule has 0 aliphatic carbocycles. The van der Waals surface area contributed by atoms with Gasteiger partial charge in [-0.2, -0.15) is 0 Å². The summed E-state index contributed by atoms with van der Waals surface area (Å²) in [5.74, 6) is 0. The van der Waals surface area contributed by atoms with Crippen LogP contribution in [0.2, 0.25) is 6.32 Å². The van der Waals surface area contributed by atoms with Crippen LogP contribution in [0.1, 0.15) is 6.92 Å². The second kappa shape index (κ2) is 3.80. The van der Waals surface area contributed by atoms with Gasteiger partial charge in [0.25, 0.3) is 0 Å². The Kier molecular flexibility index (Phi) is 3.66. The van der Waals surface area contributed by atoms with Gasteiger partial charge in [-0.3, -0.25) is 0 Å². The van der Waals surface area contributed by atoms with Gasteiger partial charge in [0.2, 0.25) is 0 Å². The number of hydrogen-bond donors (Lipinski definition) is 0. The minimum absolute atomic E-state index is 1.16. The zero-order valence-corrected chi connectivity index (χ0v) is 3.86. The van der Waals surface area contributed by atoms with Crippen LogP contribution in [0.15, 0.2) is 12.2 Å². The van der Waals surface area contributed by atoms with Crippen molar-refractivity contribution in [3.05, 3.63) is 12.2 Å². The summed E-state index contributed by atoms with van der Waals surface area (Å²) < 4.78 is 0. The Bertz CT molecular complexity index is 30.6. The summed E-state index contributed by atoms with van der Waals surface area (Å²) in [6, 6.07) is 0. The Balaban J connectivity index is 2.62.